The molecule has 3 rings (SSSR count). The molecule has 0 spiro atoms. The molecule has 8 heteroatoms. The molecule has 2 heterocycles. The van der Waals surface area contributed by atoms with Crippen LogP contribution in [0.15, 0.2) is 18.5 Å². The van der Waals surface area contributed by atoms with Crippen molar-refractivity contribution in [1.29, 1.82) is 0 Å². The first-order valence-corrected chi connectivity index (χ1v) is 6.95. The predicted molar refractivity (Wildman–Crippen MR) is 79.9 cm³/mol. The fourth-order valence-corrected chi connectivity index (χ4v) is 2.64. The quantitative estimate of drug-likeness (QED) is 0.542. The maximum absolute atomic E-state index is 13.7. The molecule has 0 atom stereocenters. The monoisotopic (exact) mass is 389 g/mol. The van der Waals surface area contributed by atoms with Crippen LogP contribution < -0.4 is 0 Å². The number of aromatic nitrogens is 5. The minimum absolute atomic E-state index is 0.256. The molecular weight excluding hydrogens is 380 g/mol. The summed E-state index contributed by atoms with van der Waals surface area (Å²) in [6.45, 7) is 0.454. The highest BCUT2D eigenvalue weighted by Crippen LogP contribution is 2.21. The van der Waals surface area contributed by atoms with Gasteiger partial charge in [0.15, 0.2) is 10.6 Å². The van der Waals surface area contributed by atoms with Gasteiger partial charge in [-0.15, -0.1) is 10.2 Å². The summed E-state index contributed by atoms with van der Waals surface area (Å²) in [6, 6.07) is 3.23. The predicted octanol–water partition coefficient (Wildman–Crippen LogP) is 2.62. The van der Waals surface area contributed by atoms with Gasteiger partial charge in [0, 0.05) is 13.1 Å². The van der Waals surface area contributed by atoms with E-state index in [9.17, 15) is 4.39 Å². The van der Waals surface area contributed by atoms with Crippen molar-refractivity contribution >= 4 is 45.8 Å². The van der Waals surface area contributed by atoms with Gasteiger partial charge in [0.05, 0.1) is 21.1 Å². The maximum Gasteiger partial charge on any atom is 0.178 e. The normalized spacial score (nSPS) is 11.3. The highest BCUT2D eigenvalue weighted by atomic mass is 127. The van der Waals surface area contributed by atoms with E-state index in [0.717, 1.165) is 16.9 Å². The molecule has 1 aromatic carbocycles. The number of hydrogen-bond donors (Lipinski definition) is 1. The number of rotatable bonds is 2. The molecule has 3 aromatic rings. The van der Waals surface area contributed by atoms with Crippen LogP contribution in [0.3, 0.4) is 0 Å². The first-order valence-electron chi connectivity index (χ1n) is 5.46. The van der Waals surface area contributed by atoms with Crippen molar-refractivity contribution in [3.63, 3.8) is 0 Å². The number of nitrogens with one attached hydrogen (secondary N) is 1. The second kappa shape index (κ2) is 4.67. The van der Waals surface area contributed by atoms with Crippen LogP contribution >= 0.6 is 34.8 Å². The molecule has 1 N–H and O–H groups in total. The summed E-state index contributed by atoms with van der Waals surface area (Å²) in [5, 5.41) is 7.84. The second-order valence-electron chi connectivity index (χ2n) is 4.16. The van der Waals surface area contributed by atoms with Crippen LogP contribution in [-0.4, -0.2) is 24.3 Å². The second-order valence-corrected chi connectivity index (χ2v) is 5.71. The first-order chi connectivity index (χ1) is 9.06. The van der Waals surface area contributed by atoms with Gasteiger partial charge >= 0.3 is 0 Å². The van der Waals surface area contributed by atoms with Crippen LogP contribution in [0.2, 0.25) is 0 Å². The molecule has 0 unspecified atom stereocenters. The van der Waals surface area contributed by atoms with Gasteiger partial charge in [-0.1, -0.05) is 0 Å². The van der Waals surface area contributed by atoms with Gasteiger partial charge in [0.2, 0.25) is 0 Å². The molecule has 0 amide bonds. The minimum atomic E-state index is -0.256. The molecule has 0 bridgehead atoms. The van der Waals surface area contributed by atoms with Crippen molar-refractivity contribution in [1.82, 2.24) is 24.3 Å². The number of H-pyrrole nitrogens is 1. The number of fused-ring (bicyclic) bond motifs is 1. The largest absolute Gasteiger partial charge is 0.331 e. The zero-order valence-corrected chi connectivity index (χ0v) is 12.9. The standard InChI is InChI=1S/C11H9FIN5S/c1-17-5-14-16-10(17)4-18-9-2-6(12)7(13)3-8(9)15-11(18)19/h2-3,5H,4H2,1H3,(H,15,19). The summed E-state index contributed by atoms with van der Waals surface area (Å²) in [7, 11) is 1.86. The number of imidazole rings is 1. The smallest absolute Gasteiger partial charge is 0.178 e. The molecule has 0 aliphatic rings. The summed E-state index contributed by atoms with van der Waals surface area (Å²) in [6.07, 6.45) is 1.62. The molecule has 19 heavy (non-hydrogen) atoms. The van der Waals surface area contributed by atoms with Crippen LogP contribution in [0.25, 0.3) is 11.0 Å². The van der Waals surface area contributed by atoms with Gasteiger partial charge in [-0.2, -0.15) is 0 Å². The number of aryl methyl sites for hydroxylation is 1. The number of hydrogen-bond acceptors (Lipinski definition) is 3. The summed E-state index contributed by atoms with van der Waals surface area (Å²) in [4.78, 5) is 3.08. The van der Waals surface area contributed by atoms with Gasteiger partial charge in [-0.25, -0.2) is 4.39 Å². The van der Waals surface area contributed by atoms with Crippen molar-refractivity contribution in [2.24, 2.45) is 7.05 Å². The highest BCUT2D eigenvalue weighted by Gasteiger charge is 2.11. The van der Waals surface area contributed by atoms with E-state index >= 15 is 0 Å². The number of nitrogens with zero attached hydrogens (tertiary/aromatic N) is 4. The van der Waals surface area contributed by atoms with Gasteiger partial charge in [-0.3, -0.25) is 0 Å². The van der Waals surface area contributed by atoms with Crippen molar-refractivity contribution in [3.8, 4) is 0 Å². The van der Waals surface area contributed by atoms with Gasteiger partial charge in [-0.05, 0) is 40.9 Å². The molecule has 0 aliphatic heterocycles. The molecule has 0 radical (unpaired) electrons. The minimum Gasteiger partial charge on any atom is -0.331 e. The lowest BCUT2D eigenvalue weighted by Crippen LogP contribution is -2.06. The first kappa shape index (κ1) is 12.7. The maximum atomic E-state index is 13.7. The SMILES string of the molecule is Cn1cnnc1Cn1c(=S)[nH]c2cc(I)c(F)cc21. The van der Waals surface area contributed by atoms with Crippen LogP contribution in [0.1, 0.15) is 5.82 Å². The zero-order chi connectivity index (χ0) is 13.6. The van der Waals surface area contributed by atoms with Gasteiger partial charge in [0.25, 0.3) is 0 Å². The molecule has 0 saturated carbocycles. The third-order valence-electron chi connectivity index (χ3n) is 2.92. The fourth-order valence-electron chi connectivity index (χ4n) is 1.90. The van der Waals surface area contributed by atoms with E-state index in [1.807, 2.05) is 38.8 Å². The summed E-state index contributed by atoms with van der Waals surface area (Å²) < 4.78 is 18.4. The van der Waals surface area contributed by atoms with Crippen LogP contribution in [0.4, 0.5) is 4.39 Å². The number of halogens is 2. The number of aromatic amines is 1. The zero-order valence-electron chi connectivity index (χ0n) is 9.89. The van der Waals surface area contributed by atoms with E-state index in [0.29, 0.717) is 14.9 Å². The Morgan fingerprint density at radius 1 is 1.47 bits per heavy atom. The van der Waals surface area contributed by atoms with Crippen LogP contribution in [-0.2, 0) is 13.6 Å². The summed E-state index contributed by atoms with van der Waals surface area (Å²) in [5.41, 5.74) is 1.55. The molecule has 5 nitrogen and oxygen atoms in total. The Hall–Kier alpha value is -1.29. The summed E-state index contributed by atoms with van der Waals surface area (Å²) in [5.74, 6) is 0.504. The molecule has 2 aromatic heterocycles. The average Bonchev–Trinajstić information content (AvgIpc) is 2.88. The van der Waals surface area contributed by atoms with Crippen molar-refractivity contribution in [2.75, 3.05) is 0 Å². The third-order valence-corrected chi connectivity index (χ3v) is 4.07. The lowest BCUT2D eigenvalue weighted by Gasteiger charge is -2.04. The van der Waals surface area contributed by atoms with E-state index in [1.54, 1.807) is 12.4 Å². The molecule has 98 valence electrons. The third kappa shape index (κ3) is 2.18. The van der Waals surface area contributed by atoms with Crippen molar-refractivity contribution in [3.05, 3.63) is 38.4 Å². The molecule has 0 fully saturated rings. The van der Waals surface area contributed by atoms with Crippen molar-refractivity contribution in [2.45, 2.75) is 6.54 Å². The number of benzene rings is 1. The van der Waals surface area contributed by atoms with Crippen molar-refractivity contribution < 1.29 is 4.39 Å². The van der Waals surface area contributed by atoms with E-state index in [2.05, 4.69) is 15.2 Å². The van der Waals surface area contributed by atoms with E-state index in [-0.39, 0.29) is 5.82 Å². The van der Waals surface area contributed by atoms with E-state index < -0.39 is 0 Å². The lowest BCUT2D eigenvalue weighted by molar-refractivity contribution is 0.620. The van der Waals surface area contributed by atoms with Crippen LogP contribution in [0.5, 0.6) is 0 Å². The Bertz CT molecular complexity index is 818. The van der Waals surface area contributed by atoms with E-state index in [1.165, 1.54) is 6.07 Å². The van der Waals surface area contributed by atoms with Gasteiger partial charge in [0.1, 0.15) is 12.1 Å². The molecule has 0 aliphatic carbocycles. The highest BCUT2D eigenvalue weighted by molar-refractivity contribution is 14.1. The Morgan fingerprint density at radius 2 is 2.26 bits per heavy atom. The lowest BCUT2D eigenvalue weighted by atomic mass is 10.3. The Labute approximate surface area is 126 Å². The molecular formula is C11H9FIN5S. The van der Waals surface area contributed by atoms with E-state index in [4.69, 9.17) is 12.2 Å². The Kier molecular flexibility index (Phi) is 3.13. The Morgan fingerprint density at radius 3 is 2.95 bits per heavy atom. The van der Waals surface area contributed by atoms with Crippen LogP contribution in [0, 0.1) is 14.2 Å². The average molecular weight is 389 g/mol. The topological polar surface area (TPSA) is 51.4 Å². The molecule has 0 saturated heterocycles. The Balaban J connectivity index is 2.18. The summed E-state index contributed by atoms with van der Waals surface area (Å²) >= 11 is 7.24. The van der Waals surface area contributed by atoms with Gasteiger partial charge < -0.3 is 14.1 Å². The fraction of sp³-hybridized carbons (Fsp3) is 0.182.